The summed E-state index contributed by atoms with van der Waals surface area (Å²) >= 11 is 0. The zero-order chi connectivity index (χ0) is 13.0. The minimum atomic E-state index is -0.514. The molecule has 0 spiro atoms. The molecule has 2 unspecified atom stereocenters. The third kappa shape index (κ3) is 3.19. The Morgan fingerprint density at radius 3 is 2.53 bits per heavy atom. The lowest BCUT2D eigenvalue weighted by Crippen LogP contribution is -2.56. The normalized spacial score (nSPS) is 22.4. The molecule has 1 rings (SSSR count). The van der Waals surface area contributed by atoms with Gasteiger partial charge in [-0.15, -0.1) is 0 Å². The number of amides is 2. The second-order valence-corrected chi connectivity index (χ2v) is 4.93. The number of hydrogen-bond donors (Lipinski definition) is 2. The summed E-state index contributed by atoms with van der Waals surface area (Å²) in [6, 6.07) is -0.855. The summed E-state index contributed by atoms with van der Waals surface area (Å²) < 4.78 is 0. The highest BCUT2D eigenvalue weighted by molar-refractivity contribution is 5.89. The quantitative estimate of drug-likeness (QED) is 0.735. The van der Waals surface area contributed by atoms with Crippen LogP contribution in [0.15, 0.2) is 0 Å². The number of likely N-dealkylation sites (N-methyl/N-ethyl adjacent to an activating group) is 1. The Labute approximate surface area is 103 Å². The van der Waals surface area contributed by atoms with E-state index in [1.165, 1.54) is 0 Å². The van der Waals surface area contributed by atoms with E-state index in [9.17, 15) is 9.59 Å². The van der Waals surface area contributed by atoms with E-state index in [0.717, 1.165) is 19.3 Å². The van der Waals surface area contributed by atoms with Gasteiger partial charge in [0.1, 0.15) is 6.04 Å². The van der Waals surface area contributed by atoms with Crippen LogP contribution in [0, 0.1) is 5.92 Å². The molecule has 5 heteroatoms. The van der Waals surface area contributed by atoms with Crippen molar-refractivity contribution < 1.29 is 9.59 Å². The molecule has 1 aliphatic rings. The minimum absolute atomic E-state index is 0.0889. The number of nitrogens with two attached hydrogens (primary N) is 1. The second kappa shape index (κ2) is 6.00. The highest BCUT2D eigenvalue weighted by atomic mass is 16.2. The molecule has 2 amide bonds. The fourth-order valence-corrected chi connectivity index (χ4v) is 2.11. The number of rotatable bonds is 3. The third-order valence-electron chi connectivity index (χ3n) is 3.34. The second-order valence-electron chi connectivity index (χ2n) is 4.93. The number of piperidine rings is 1. The number of hydrogen-bond acceptors (Lipinski definition) is 3. The smallest absolute Gasteiger partial charge is 0.242 e. The summed E-state index contributed by atoms with van der Waals surface area (Å²) in [5.74, 6) is -0.0999. The Bertz CT molecular complexity index is 291. The van der Waals surface area contributed by atoms with Gasteiger partial charge in [0.25, 0.3) is 0 Å². The SMILES string of the molecule is CNC(=O)C1CCCCN1C(=O)C(N)C(C)C. The molecule has 2 atom stereocenters. The van der Waals surface area contributed by atoms with E-state index in [0.29, 0.717) is 6.54 Å². The van der Waals surface area contributed by atoms with E-state index in [-0.39, 0.29) is 23.8 Å². The molecule has 17 heavy (non-hydrogen) atoms. The van der Waals surface area contributed by atoms with E-state index in [1.807, 2.05) is 13.8 Å². The van der Waals surface area contributed by atoms with E-state index in [1.54, 1.807) is 11.9 Å². The lowest BCUT2D eigenvalue weighted by Gasteiger charge is -2.36. The molecule has 0 radical (unpaired) electrons. The van der Waals surface area contributed by atoms with Crippen molar-refractivity contribution in [3.05, 3.63) is 0 Å². The van der Waals surface area contributed by atoms with Gasteiger partial charge in [0.2, 0.25) is 11.8 Å². The van der Waals surface area contributed by atoms with Crippen LogP contribution in [-0.2, 0) is 9.59 Å². The van der Waals surface area contributed by atoms with Crippen LogP contribution >= 0.6 is 0 Å². The topological polar surface area (TPSA) is 75.4 Å². The molecule has 3 N–H and O–H groups in total. The van der Waals surface area contributed by atoms with Crippen molar-refractivity contribution >= 4 is 11.8 Å². The lowest BCUT2D eigenvalue weighted by molar-refractivity contribution is -0.143. The first-order chi connectivity index (χ1) is 7.99. The molecule has 1 heterocycles. The van der Waals surface area contributed by atoms with Crippen molar-refractivity contribution in [3.8, 4) is 0 Å². The lowest BCUT2D eigenvalue weighted by atomic mass is 9.97. The van der Waals surface area contributed by atoms with E-state index < -0.39 is 6.04 Å². The van der Waals surface area contributed by atoms with Crippen LogP contribution in [0.1, 0.15) is 33.1 Å². The predicted molar refractivity (Wildman–Crippen MR) is 66.2 cm³/mol. The maximum absolute atomic E-state index is 12.2. The maximum atomic E-state index is 12.2. The van der Waals surface area contributed by atoms with Gasteiger partial charge >= 0.3 is 0 Å². The summed E-state index contributed by atoms with van der Waals surface area (Å²) in [6.07, 6.45) is 2.67. The van der Waals surface area contributed by atoms with Crippen LogP contribution in [0.2, 0.25) is 0 Å². The molecule has 0 bridgehead atoms. The molecule has 0 aromatic carbocycles. The third-order valence-corrected chi connectivity index (χ3v) is 3.34. The van der Waals surface area contributed by atoms with Gasteiger partial charge in [-0.1, -0.05) is 13.8 Å². The average Bonchev–Trinajstić information content (AvgIpc) is 2.35. The molecule has 1 aliphatic heterocycles. The van der Waals surface area contributed by atoms with Crippen LogP contribution in [-0.4, -0.2) is 42.4 Å². The average molecular weight is 241 g/mol. The van der Waals surface area contributed by atoms with Crippen LogP contribution in [0.5, 0.6) is 0 Å². The van der Waals surface area contributed by atoms with Gasteiger partial charge in [-0.05, 0) is 25.2 Å². The highest BCUT2D eigenvalue weighted by Gasteiger charge is 2.34. The number of carbonyl (C=O) groups excluding carboxylic acids is 2. The zero-order valence-corrected chi connectivity index (χ0v) is 10.9. The first-order valence-corrected chi connectivity index (χ1v) is 6.26. The van der Waals surface area contributed by atoms with Gasteiger partial charge in [0.15, 0.2) is 0 Å². The molecule has 0 aromatic heterocycles. The number of nitrogens with zero attached hydrogens (tertiary/aromatic N) is 1. The van der Waals surface area contributed by atoms with Gasteiger partial charge < -0.3 is 16.0 Å². The Kier molecular flexibility index (Phi) is 4.93. The van der Waals surface area contributed by atoms with Gasteiger partial charge in [0.05, 0.1) is 6.04 Å². The predicted octanol–water partition coefficient (Wildman–Crippen LogP) is 0.0968. The minimum Gasteiger partial charge on any atom is -0.357 e. The fourth-order valence-electron chi connectivity index (χ4n) is 2.11. The fraction of sp³-hybridized carbons (Fsp3) is 0.833. The van der Waals surface area contributed by atoms with Crippen LogP contribution in [0.25, 0.3) is 0 Å². The Hall–Kier alpha value is -1.10. The molecular formula is C12H23N3O2. The van der Waals surface area contributed by atoms with E-state index in [4.69, 9.17) is 5.73 Å². The molecule has 5 nitrogen and oxygen atoms in total. The summed E-state index contributed by atoms with van der Waals surface area (Å²) in [5, 5.41) is 2.61. The highest BCUT2D eigenvalue weighted by Crippen LogP contribution is 2.19. The maximum Gasteiger partial charge on any atom is 0.242 e. The number of nitrogens with one attached hydrogen (secondary N) is 1. The van der Waals surface area contributed by atoms with Crippen molar-refractivity contribution in [2.75, 3.05) is 13.6 Å². The number of carbonyl (C=O) groups is 2. The van der Waals surface area contributed by atoms with Crippen LogP contribution < -0.4 is 11.1 Å². The van der Waals surface area contributed by atoms with E-state index >= 15 is 0 Å². The first kappa shape index (κ1) is 14.0. The van der Waals surface area contributed by atoms with Gasteiger partial charge in [0, 0.05) is 13.6 Å². The van der Waals surface area contributed by atoms with Crippen molar-refractivity contribution in [1.82, 2.24) is 10.2 Å². The van der Waals surface area contributed by atoms with Crippen LogP contribution in [0.3, 0.4) is 0 Å². The summed E-state index contributed by atoms with van der Waals surface area (Å²) in [4.78, 5) is 25.6. The molecule has 0 saturated carbocycles. The molecule has 0 aromatic rings. The largest absolute Gasteiger partial charge is 0.357 e. The first-order valence-electron chi connectivity index (χ1n) is 6.26. The van der Waals surface area contributed by atoms with Gasteiger partial charge in [-0.25, -0.2) is 0 Å². The Balaban J connectivity index is 2.77. The molecular weight excluding hydrogens is 218 g/mol. The monoisotopic (exact) mass is 241 g/mol. The van der Waals surface area contributed by atoms with Crippen molar-refractivity contribution in [1.29, 1.82) is 0 Å². The molecule has 1 fully saturated rings. The summed E-state index contributed by atoms with van der Waals surface area (Å²) in [6.45, 7) is 4.47. The van der Waals surface area contributed by atoms with Gasteiger partial charge in [-0.3, -0.25) is 9.59 Å². The van der Waals surface area contributed by atoms with Gasteiger partial charge in [-0.2, -0.15) is 0 Å². The zero-order valence-electron chi connectivity index (χ0n) is 10.9. The Morgan fingerprint density at radius 2 is 2.00 bits per heavy atom. The van der Waals surface area contributed by atoms with Crippen molar-refractivity contribution in [2.45, 2.75) is 45.2 Å². The molecule has 98 valence electrons. The molecule has 0 aliphatic carbocycles. The standard InChI is InChI=1S/C12H23N3O2/c1-8(2)10(13)12(17)15-7-5-4-6-9(15)11(16)14-3/h8-10H,4-7,13H2,1-3H3,(H,14,16). The van der Waals surface area contributed by atoms with Crippen LogP contribution in [0.4, 0.5) is 0 Å². The van der Waals surface area contributed by atoms with Crippen molar-refractivity contribution in [3.63, 3.8) is 0 Å². The summed E-state index contributed by atoms with van der Waals surface area (Å²) in [5.41, 5.74) is 5.87. The van der Waals surface area contributed by atoms with Crippen molar-refractivity contribution in [2.24, 2.45) is 11.7 Å². The number of likely N-dealkylation sites (tertiary alicyclic amines) is 1. The summed E-state index contributed by atoms with van der Waals surface area (Å²) in [7, 11) is 1.60. The molecule has 1 saturated heterocycles. The Morgan fingerprint density at radius 1 is 1.35 bits per heavy atom. The van der Waals surface area contributed by atoms with E-state index in [2.05, 4.69) is 5.32 Å².